The number of hydrogen-bond donors (Lipinski definition) is 0. The summed E-state index contributed by atoms with van der Waals surface area (Å²) in [6.07, 6.45) is 3.85. The Kier molecular flexibility index (Phi) is 9.14. The Labute approximate surface area is 387 Å². The molecule has 4 heteroatoms. The number of aromatic nitrogens is 4. The van der Waals surface area contributed by atoms with E-state index in [-0.39, 0.29) is 0 Å². The van der Waals surface area contributed by atoms with Crippen molar-refractivity contribution in [1.82, 2.24) is 19.5 Å². The number of benzene rings is 10. The summed E-state index contributed by atoms with van der Waals surface area (Å²) >= 11 is 0. The van der Waals surface area contributed by atoms with Crippen molar-refractivity contribution in [2.45, 2.75) is 0 Å². The summed E-state index contributed by atoms with van der Waals surface area (Å²) in [6.45, 7) is 0. The van der Waals surface area contributed by atoms with Crippen molar-refractivity contribution in [2.75, 3.05) is 0 Å². The standard InChI is InChI=1S/C63H40N4/c1-3-13-41(14-4-1)43-29-32-50(33-30-43)67-59-34-31-49(38-55(59)56-40-64-36-35-60(56)67)58-39-57(48-28-23-42-15-7-8-18-47(42)37-48)65-63(66-58)46-26-24-45(25-27-46)62-53-21-11-9-19-51(53)61(44-16-5-2-6-17-44)52-20-10-12-22-54(52)62/h1-40H. The zero-order valence-electron chi connectivity index (χ0n) is 36.4. The molecule has 0 saturated carbocycles. The molecule has 0 N–H and O–H groups in total. The SMILES string of the molecule is c1ccc(-c2ccc(-n3c4ccncc4c4cc(-c5cc(-c6ccc7ccccc7c6)nc(-c6ccc(-c7c8ccccc8c(-c8ccccc8)c8ccccc78)cc6)n5)ccc43)cc2)cc1. The summed E-state index contributed by atoms with van der Waals surface area (Å²) in [5.41, 5.74) is 15.2. The van der Waals surface area contributed by atoms with Gasteiger partial charge in [0.15, 0.2) is 5.82 Å². The van der Waals surface area contributed by atoms with Gasteiger partial charge < -0.3 is 4.57 Å². The van der Waals surface area contributed by atoms with Crippen LogP contribution in [0.3, 0.4) is 0 Å². The van der Waals surface area contributed by atoms with Crippen molar-refractivity contribution in [3.63, 3.8) is 0 Å². The van der Waals surface area contributed by atoms with E-state index in [0.717, 1.165) is 61.1 Å². The second-order valence-electron chi connectivity index (χ2n) is 17.2. The van der Waals surface area contributed by atoms with E-state index in [1.165, 1.54) is 60.1 Å². The summed E-state index contributed by atoms with van der Waals surface area (Å²) in [4.78, 5) is 15.3. The van der Waals surface area contributed by atoms with Crippen molar-refractivity contribution in [2.24, 2.45) is 0 Å². The monoisotopic (exact) mass is 852 g/mol. The lowest BCUT2D eigenvalue weighted by atomic mass is 9.86. The minimum absolute atomic E-state index is 0.670. The van der Waals surface area contributed by atoms with Gasteiger partial charge in [-0.1, -0.05) is 188 Å². The molecule has 0 saturated heterocycles. The van der Waals surface area contributed by atoms with Crippen LogP contribution in [0.5, 0.6) is 0 Å². The van der Waals surface area contributed by atoms with Crippen LogP contribution in [-0.2, 0) is 0 Å². The first-order valence-corrected chi connectivity index (χ1v) is 22.7. The molecule has 0 aliphatic rings. The summed E-state index contributed by atoms with van der Waals surface area (Å²) in [6, 6.07) is 82.5. The molecule has 312 valence electrons. The highest BCUT2D eigenvalue weighted by Crippen LogP contribution is 2.44. The fourth-order valence-electron chi connectivity index (χ4n) is 10.1. The Bertz CT molecular complexity index is 3950. The van der Waals surface area contributed by atoms with E-state index < -0.39 is 0 Å². The molecule has 0 fully saturated rings. The van der Waals surface area contributed by atoms with Crippen LogP contribution in [0.4, 0.5) is 0 Å². The molecule has 0 spiro atoms. The van der Waals surface area contributed by atoms with E-state index >= 15 is 0 Å². The lowest BCUT2D eigenvalue weighted by Crippen LogP contribution is -1.97. The number of pyridine rings is 1. The molecule has 0 aliphatic carbocycles. The molecule has 0 unspecified atom stereocenters. The van der Waals surface area contributed by atoms with Crippen molar-refractivity contribution < 1.29 is 0 Å². The van der Waals surface area contributed by atoms with E-state index in [4.69, 9.17) is 9.97 Å². The van der Waals surface area contributed by atoms with Gasteiger partial charge in [0, 0.05) is 45.5 Å². The molecular weight excluding hydrogens is 813 g/mol. The highest BCUT2D eigenvalue weighted by atomic mass is 15.0. The lowest BCUT2D eigenvalue weighted by molar-refractivity contribution is 1.17. The molecule has 0 aliphatic heterocycles. The number of hydrogen-bond acceptors (Lipinski definition) is 3. The van der Waals surface area contributed by atoms with Crippen molar-refractivity contribution in [3.05, 3.63) is 243 Å². The molecular formula is C63H40N4. The van der Waals surface area contributed by atoms with Crippen LogP contribution in [0.2, 0.25) is 0 Å². The Balaban J connectivity index is 0.951. The van der Waals surface area contributed by atoms with Gasteiger partial charge in [-0.3, -0.25) is 4.98 Å². The first-order chi connectivity index (χ1) is 33.2. The summed E-state index contributed by atoms with van der Waals surface area (Å²) in [5.74, 6) is 0.670. The number of rotatable bonds is 7. The zero-order valence-corrected chi connectivity index (χ0v) is 36.4. The van der Waals surface area contributed by atoms with E-state index in [0.29, 0.717) is 5.82 Å². The first kappa shape index (κ1) is 38.5. The average molecular weight is 853 g/mol. The number of nitrogens with zero attached hydrogens (tertiary/aromatic N) is 4. The van der Waals surface area contributed by atoms with Gasteiger partial charge in [-0.25, -0.2) is 9.97 Å². The molecule has 3 aromatic heterocycles. The first-order valence-electron chi connectivity index (χ1n) is 22.7. The number of fused-ring (bicyclic) bond motifs is 6. The molecule has 10 aromatic carbocycles. The summed E-state index contributed by atoms with van der Waals surface area (Å²) < 4.78 is 2.33. The fraction of sp³-hybridized carbons (Fsp3) is 0. The van der Waals surface area contributed by atoms with Gasteiger partial charge in [-0.2, -0.15) is 0 Å². The molecule has 0 amide bonds. The predicted molar refractivity (Wildman–Crippen MR) is 279 cm³/mol. The van der Waals surface area contributed by atoms with Gasteiger partial charge in [0.05, 0.1) is 22.4 Å². The van der Waals surface area contributed by atoms with E-state index in [9.17, 15) is 0 Å². The normalized spacial score (nSPS) is 11.6. The average Bonchev–Trinajstić information content (AvgIpc) is 3.74. The van der Waals surface area contributed by atoms with Crippen LogP contribution in [0.25, 0.3) is 127 Å². The zero-order chi connectivity index (χ0) is 44.3. The maximum absolute atomic E-state index is 5.37. The Morgan fingerprint density at radius 3 is 1.43 bits per heavy atom. The molecule has 0 atom stereocenters. The van der Waals surface area contributed by atoms with Gasteiger partial charge in [0.1, 0.15) is 0 Å². The molecule has 67 heavy (non-hydrogen) atoms. The quantitative estimate of drug-likeness (QED) is 0.150. The maximum atomic E-state index is 5.37. The highest BCUT2D eigenvalue weighted by molar-refractivity contribution is 6.21. The topological polar surface area (TPSA) is 43.6 Å². The van der Waals surface area contributed by atoms with Crippen LogP contribution in [0, 0.1) is 0 Å². The Morgan fingerprint density at radius 2 is 0.776 bits per heavy atom. The molecule has 4 nitrogen and oxygen atoms in total. The molecule has 13 aromatic rings. The highest BCUT2D eigenvalue weighted by Gasteiger charge is 2.19. The van der Waals surface area contributed by atoms with Crippen LogP contribution < -0.4 is 0 Å². The molecule has 0 bridgehead atoms. The smallest absolute Gasteiger partial charge is 0.160 e. The van der Waals surface area contributed by atoms with Crippen LogP contribution in [0.15, 0.2) is 243 Å². The van der Waals surface area contributed by atoms with Gasteiger partial charge in [0.2, 0.25) is 0 Å². The second-order valence-corrected chi connectivity index (χ2v) is 17.2. The van der Waals surface area contributed by atoms with Gasteiger partial charge in [-0.05, 0) is 108 Å². The lowest BCUT2D eigenvalue weighted by Gasteiger charge is -2.18. The van der Waals surface area contributed by atoms with Crippen molar-refractivity contribution in [3.8, 4) is 73.0 Å². The van der Waals surface area contributed by atoms with Crippen LogP contribution >= 0.6 is 0 Å². The fourth-order valence-corrected chi connectivity index (χ4v) is 10.1. The van der Waals surface area contributed by atoms with Crippen molar-refractivity contribution in [1.29, 1.82) is 0 Å². The van der Waals surface area contributed by atoms with E-state index in [1.807, 2.05) is 12.4 Å². The van der Waals surface area contributed by atoms with E-state index in [2.05, 4.69) is 240 Å². The van der Waals surface area contributed by atoms with Gasteiger partial charge >= 0.3 is 0 Å². The van der Waals surface area contributed by atoms with Gasteiger partial charge in [-0.15, -0.1) is 0 Å². The molecule has 13 rings (SSSR count). The Hall–Kier alpha value is -8.99. The summed E-state index contributed by atoms with van der Waals surface area (Å²) in [5, 5.41) is 9.48. The van der Waals surface area contributed by atoms with Crippen LogP contribution in [-0.4, -0.2) is 19.5 Å². The maximum Gasteiger partial charge on any atom is 0.160 e. The summed E-state index contributed by atoms with van der Waals surface area (Å²) in [7, 11) is 0. The third-order valence-corrected chi connectivity index (χ3v) is 13.3. The van der Waals surface area contributed by atoms with Crippen LogP contribution in [0.1, 0.15) is 0 Å². The molecule has 0 radical (unpaired) electrons. The van der Waals surface area contributed by atoms with Crippen molar-refractivity contribution >= 4 is 54.1 Å². The Morgan fingerprint density at radius 1 is 0.299 bits per heavy atom. The van der Waals surface area contributed by atoms with Gasteiger partial charge in [0.25, 0.3) is 0 Å². The van der Waals surface area contributed by atoms with E-state index in [1.54, 1.807) is 0 Å². The largest absolute Gasteiger partial charge is 0.309 e. The second kappa shape index (κ2) is 15.9. The third kappa shape index (κ3) is 6.65. The minimum Gasteiger partial charge on any atom is -0.309 e. The predicted octanol–water partition coefficient (Wildman–Crippen LogP) is 16.4. The minimum atomic E-state index is 0.670. The molecule has 3 heterocycles. The third-order valence-electron chi connectivity index (χ3n) is 13.3.